The van der Waals surface area contributed by atoms with E-state index < -0.39 is 97.5 Å². The van der Waals surface area contributed by atoms with Crippen LogP contribution in [-0.4, -0.2) is 96.7 Å². The van der Waals surface area contributed by atoms with Crippen molar-refractivity contribution in [2.45, 2.75) is 342 Å². The molecule has 2 unspecified atom stereocenters. The highest BCUT2D eigenvalue weighted by Crippen LogP contribution is 2.45. The first-order chi connectivity index (χ1) is 40.0. The van der Waals surface area contributed by atoms with Crippen LogP contribution in [0.5, 0.6) is 0 Å². The van der Waals surface area contributed by atoms with Gasteiger partial charge < -0.3 is 33.8 Å². The third-order valence-corrected chi connectivity index (χ3v) is 16.7. The molecule has 492 valence electrons. The molecule has 0 rings (SSSR count). The van der Waals surface area contributed by atoms with Gasteiger partial charge in [-0.25, -0.2) is 9.13 Å². The van der Waals surface area contributed by atoms with Crippen molar-refractivity contribution in [1.82, 2.24) is 0 Å². The number of phosphoric ester groups is 2. The van der Waals surface area contributed by atoms with Gasteiger partial charge in [-0.3, -0.25) is 37.3 Å². The van der Waals surface area contributed by atoms with Crippen molar-refractivity contribution in [2.24, 2.45) is 5.92 Å². The second-order valence-corrected chi connectivity index (χ2v) is 26.5. The van der Waals surface area contributed by atoms with Gasteiger partial charge in [0.15, 0.2) is 12.2 Å². The lowest BCUT2D eigenvalue weighted by Gasteiger charge is -2.21. The van der Waals surface area contributed by atoms with Gasteiger partial charge in [0.2, 0.25) is 0 Å². The van der Waals surface area contributed by atoms with E-state index in [1.54, 1.807) is 0 Å². The van der Waals surface area contributed by atoms with E-state index in [9.17, 15) is 43.2 Å². The molecule has 0 aromatic heterocycles. The summed E-state index contributed by atoms with van der Waals surface area (Å²) in [6.07, 6.45) is 41.9. The smallest absolute Gasteiger partial charge is 0.462 e. The number of phosphoric acid groups is 2. The predicted octanol–water partition coefficient (Wildman–Crippen LogP) is 17.8. The maximum atomic E-state index is 13.0. The van der Waals surface area contributed by atoms with Gasteiger partial charge in [-0.1, -0.05) is 272 Å². The molecule has 0 spiro atoms. The van der Waals surface area contributed by atoms with Crippen LogP contribution in [0.3, 0.4) is 0 Å². The summed E-state index contributed by atoms with van der Waals surface area (Å²) in [7, 11) is -9.88. The van der Waals surface area contributed by atoms with E-state index in [2.05, 4.69) is 34.6 Å². The number of unbranched alkanes of at least 4 members (excludes halogenated alkanes) is 36. The van der Waals surface area contributed by atoms with Crippen LogP contribution in [0.25, 0.3) is 0 Å². The molecule has 83 heavy (non-hydrogen) atoms. The molecule has 0 aromatic rings. The molecule has 17 nitrogen and oxygen atoms in total. The van der Waals surface area contributed by atoms with Crippen LogP contribution in [0.1, 0.15) is 324 Å². The summed E-state index contributed by atoms with van der Waals surface area (Å²) < 4.78 is 67.9. The molecular formula is C64H124O17P2. The first kappa shape index (κ1) is 81.1. The fourth-order valence-electron chi connectivity index (χ4n) is 9.58. The maximum Gasteiger partial charge on any atom is 0.472 e. The van der Waals surface area contributed by atoms with Crippen molar-refractivity contribution in [3.63, 3.8) is 0 Å². The van der Waals surface area contributed by atoms with Gasteiger partial charge in [-0.15, -0.1) is 0 Å². The fourth-order valence-corrected chi connectivity index (χ4v) is 11.2. The average molecular weight is 1230 g/mol. The average Bonchev–Trinajstić information content (AvgIpc) is 3.46. The Kier molecular flexibility index (Phi) is 56.4. The van der Waals surface area contributed by atoms with Crippen LogP contribution < -0.4 is 0 Å². The largest absolute Gasteiger partial charge is 0.472 e. The zero-order chi connectivity index (χ0) is 61.3. The molecule has 0 fully saturated rings. The molecular weight excluding hydrogens is 1100 g/mol. The zero-order valence-electron chi connectivity index (χ0n) is 53.3. The highest BCUT2D eigenvalue weighted by atomic mass is 31.2. The third-order valence-electron chi connectivity index (χ3n) is 14.8. The van der Waals surface area contributed by atoms with Crippen molar-refractivity contribution in [1.29, 1.82) is 0 Å². The number of carbonyl (C=O) groups is 4. The molecule has 0 amide bonds. The molecule has 0 heterocycles. The first-order valence-electron chi connectivity index (χ1n) is 33.6. The number of hydrogen-bond acceptors (Lipinski definition) is 15. The van der Waals surface area contributed by atoms with Crippen molar-refractivity contribution >= 4 is 39.5 Å². The molecule has 0 saturated heterocycles. The summed E-state index contributed by atoms with van der Waals surface area (Å²) in [4.78, 5) is 72.1. The number of aliphatic hydroxyl groups is 1. The molecule has 5 atom stereocenters. The summed E-state index contributed by atoms with van der Waals surface area (Å²) in [6, 6.07) is 0. The monoisotopic (exact) mass is 1230 g/mol. The summed E-state index contributed by atoms with van der Waals surface area (Å²) in [5.41, 5.74) is 0. The molecule has 19 heteroatoms. The number of aliphatic hydroxyl groups excluding tert-OH is 1. The number of ether oxygens (including phenoxy) is 4. The molecule has 0 radical (unpaired) electrons. The second-order valence-electron chi connectivity index (χ2n) is 23.6. The Balaban J connectivity index is 5.21. The minimum Gasteiger partial charge on any atom is -0.462 e. The molecule has 0 aromatic carbocycles. The van der Waals surface area contributed by atoms with E-state index in [1.165, 1.54) is 135 Å². The normalized spacial score (nSPS) is 14.2. The van der Waals surface area contributed by atoms with Gasteiger partial charge in [-0.2, -0.15) is 0 Å². The van der Waals surface area contributed by atoms with Gasteiger partial charge in [-0.05, 0) is 31.6 Å². The quantitative estimate of drug-likeness (QED) is 0.0222. The van der Waals surface area contributed by atoms with Crippen LogP contribution in [0, 0.1) is 5.92 Å². The molecule has 3 N–H and O–H groups in total. The number of esters is 4. The lowest BCUT2D eigenvalue weighted by atomic mass is 10.0. The number of carbonyl (C=O) groups excluding carboxylic acids is 4. The van der Waals surface area contributed by atoms with Crippen LogP contribution in [0.15, 0.2) is 0 Å². The van der Waals surface area contributed by atoms with Gasteiger partial charge in [0, 0.05) is 25.7 Å². The highest BCUT2D eigenvalue weighted by molar-refractivity contribution is 7.47. The summed E-state index contributed by atoms with van der Waals surface area (Å²) in [5.74, 6) is -1.47. The Morgan fingerprint density at radius 2 is 0.554 bits per heavy atom. The van der Waals surface area contributed by atoms with E-state index in [0.717, 1.165) is 103 Å². The summed E-state index contributed by atoms with van der Waals surface area (Å²) in [6.45, 7) is 7.07. The Bertz CT molecular complexity index is 1620. The van der Waals surface area contributed by atoms with E-state index >= 15 is 0 Å². The van der Waals surface area contributed by atoms with Gasteiger partial charge in [0.25, 0.3) is 0 Å². The van der Waals surface area contributed by atoms with Gasteiger partial charge in [0.1, 0.15) is 19.3 Å². The van der Waals surface area contributed by atoms with Crippen LogP contribution in [0.4, 0.5) is 0 Å². The third kappa shape index (κ3) is 58.8. The van der Waals surface area contributed by atoms with Crippen molar-refractivity contribution < 1.29 is 80.2 Å². The lowest BCUT2D eigenvalue weighted by Crippen LogP contribution is -2.30. The maximum absolute atomic E-state index is 13.0. The summed E-state index contributed by atoms with van der Waals surface area (Å²) >= 11 is 0. The second kappa shape index (κ2) is 57.8. The van der Waals surface area contributed by atoms with Gasteiger partial charge in [0.05, 0.1) is 26.4 Å². The van der Waals surface area contributed by atoms with Crippen LogP contribution >= 0.6 is 15.6 Å². The molecule has 0 saturated carbocycles. The minimum absolute atomic E-state index is 0.102. The Morgan fingerprint density at radius 3 is 0.819 bits per heavy atom. The summed E-state index contributed by atoms with van der Waals surface area (Å²) in [5, 5.41) is 10.5. The highest BCUT2D eigenvalue weighted by Gasteiger charge is 2.30. The Labute approximate surface area is 505 Å². The standard InChI is InChI=1S/C64H124O17P2/c1-6-9-12-15-18-20-22-24-26-28-30-33-39-44-49-63(68)80-59(54-75-62(67)48-43-38-32-29-27-25-23-21-19-16-13-10-7-2)55-78-82(70,71)76-51-58(65)52-77-83(72,73)79-56-60(53-74-61(66)47-42-37-31-17-14-11-8-3)81-64(69)50-45-40-35-34-36-41-46-57(4)5/h57-60,65H,6-56H2,1-5H3,(H,70,71)(H,72,73)/t58-,59-,60-/m1/s1. The number of rotatable bonds is 64. The van der Waals surface area contributed by atoms with Crippen LogP contribution in [0.2, 0.25) is 0 Å². The van der Waals surface area contributed by atoms with E-state index in [0.29, 0.717) is 31.6 Å². The van der Waals surface area contributed by atoms with Crippen molar-refractivity contribution in [2.75, 3.05) is 39.6 Å². The SMILES string of the molecule is CCCCCCCCCCCCCCCCC(=O)O[C@H](COC(=O)CCCCCCCCCCCCCCC)COP(=O)(O)OC[C@@H](O)COP(=O)(O)OC[C@@H](COC(=O)CCCCCCCCC)OC(=O)CCCCCCCCC(C)C. The Morgan fingerprint density at radius 1 is 0.325 bits per heavy atom. The molecule has 0 aliphatic rings. The van der Waals surface area contributed by atoms with Crippen molar-refractivity contribution in [3.8, 4) is 0 Å². The predicted molar refractivity (Wildman–Crippen MR) is 331 cm³/mol. The number of hydrogen-bond donors (Lipinski definition) is 3. The zero-order valence-corrected chi connectivity index (χ0v) is 55.1. The lowest BCUT2D eigenvalue weighted by molar-refractivity contribution is -0.161. The Hall–Kier alpha value is -1.94. The molecule has 0 bridgehead atoms. The molecule has 0 aliphatic carbocycles. The first-order valence-corrected chi connectivity index (χ1v) is 36.6. The van der Waals surface area contributed by atoms with Gasteiger partial charge >= 0.3 is 39.5 Å². The van der Waals surface area contributed by atoms with Crippen LogP contribution in [-0.2, 0) is 65.4 Å². The van der Waals surface area contributed by atoms with Crippen molar-refractivity contribution in [3.05, 3.63) is 0 Å². The molecule has 0 aliphatic heterocycles. The topological polar surface area (TPSA) is 237 Å². The van der Waals surface area contributed by atoms with E-state index in [4.69, 9.17) is 37.0 Å². The van der Waals surface area contributed by atoms with E-state index in [1.807, 2.05) is 0 Å². The minimum atomic E-state index is -4.94. The van der Waals surface area contributed by atoms with E-state index in [-0.39, 0.29) is 25.7 Å². The fraction of sp³-hybridized carbons (Fsp3) is 0.938.